The Labute approximate surface area is 157 Å². The average molecular weight is 359 g/mol. The Morgan fingerprint density at radius 2 is 1.59 bits per heavy atom. The molecule has 4 aromatic rings. The number of fused-ring (bicyclic) bond motifs is 2. The fourth-order valence-corrected chi connectivity index (χ4v) is 3.21. The second-order valence-electron chi connectivity index (χ2n) is 7.47. The van der Waals surface area contributed by atoms with Gasteiger partial charge in [-0.15, -0.1) is 0 Å². The molecule has 1 heterocycles. The highest BCUT2D eigenvalue weighted by Gasteiger charge is 2.21. The summed E-state index contributed by atoms with van der Waals surface area (Å²) in [4.78, 5) is 18.0. The molecule has 0 aliphatic carbocycles. The minimum Gasteiger partial charge on any atom is -0.336 e. The summed E-state index contributed by atoms with van der Waals surface area (Å²) in [6.45, 7) is 6.25. The number of benzene rings is 3. The Bertz CT molecular complexity index is 1130. The summed E-state index contributed by atoms with van der Waals surface area (Å²) in [6.07, 6.45) is 0. The molecular formula is C22H21N3O2. The molecule has 0 amide bonds. The molecular weight excluding hydrogens is 338 g/mol. The van der Waals surface area contributed by atoms with Crippen molar-refractivity contribution in [1.82, 2.24) is 9.78 Å². The molecule has 4 rings (SSSR count). The predicted octanol–water partition coefficient (Wildman–Crippen LogP) is 5.13. The van der Waals surface area contributed by atoms with E-state index < -0.39 is 5.97 Å². The van der Waals surface area contributed by atoms with Gasteiger partial charge in [-0.1, -0.05) is 48.5 Å². The summed E-state index contributed by atoms with van der Waals surface area (Å²) in [5.74, 6) is 0.0790. The molecule has 0 saturated heterocycles. The van der Waals surface area contributed by atoms with Crippen LogP contribution >= 0.6 is 0 Å². The van der Waals surface area contributed by atoms with E-state index in [9.17, 15) is 4.79 Å². The van der Waals surface area contributed by atoms with Gasteiger partial charge < -0.3 is 4.84 Å². The number of hydrogen-bond acceptors (Lipinski definition) is 4. The maximum absolute atomic E-state index is 12.7. The van der Waals surface area contributed by atoms with Crippen LogP contribution in [-0.2, 0) is 10.4 Å². The quantitative estimate of drug-likeness (QED) is 0.515. The summed E-state index contributed by atoms with van der Waals surface area (Å²) in [5.41, 5.74) is 4.06. The van der Waals surface area contributed by atoms with Gasteiger partial charge in [0.25, 0.3) is 0 Å². The Balaban J connectivity index is 1.65. The van der Waals surface area contributed by atoms with Gasteiger partial charge in [-0.2, -0.15) is 10.6 Å². The zero-order valence-corrected chi connectivity index (χ0v) is 15.6. The SMILES string of the molecule is CC(C)(C)n1nc(NOC(=O)c2cccc3ccccc23)c2ccccc21. The first-order chi connectivity index (χ1) is 12.9. The minimum atomic E-state index is -0.443. The fraction of sp³-hybridized carbons (Fsp3) is 0.182. The number of rotatable bonds is 3. The van der Waals surface area contributed by atoms with Crippen LogP contribution < -0.4 is 5.48 Å². The van der Waals surface area contributed by atoms with Crippen LogP contribution in [0.25, 0.3) is 21.7 Å². The highest BCUT2D eigenvalue weighted by atomic mass is 16.7. The molecule has 0 aliphatic heterocycles. The van der Waals surface area contributed by atoms with Crippen LogP contribution in [0, 0.1) is 0 Å². The predicted molar refractivity (Wildman–Crippen MR) is 108 cm³/mol. The normalized spacial score (nSPS) is 11.7. The Morgan fingerprint density at radius 3 is 2.37 bits per heavy atom. The molecule has 0 bridgehead atoms. The van der Waals surface area contributed by atoms with E-state index in [2.05, 4.69) is 31.3 Å². The van der Waals surface area contributed by atoms with Crippen LogP contribution in [0.15, 0.2) is 66.7 Å². The van der Waals surface area contributed by atoms with E-state index in [4.69, 9.17) is 4.84 Å². The topological polar surface area (TPSA) is 56.1 Å². The Hall–Kier alpha value is -3.34. The van der Waals surface area contributed by atoms with Gasteiger partial charge in [0.1, 0.15) is 0 Å². The van der Waals surface area contributed by atoms with E-state index in [-0.39, 0.29) is 5.54 Å². The van der Waals surface area contributed by atoms with Crippen molar-refractivity contribution in [2.75, 3.05) is 5.48 Å². The smallest absolute Gasteiger partial charge is 0.336 e. The standard InChI is InChI=1S/C22H21N3O2/c1-22(2,3)25-19-14-7-6-12-18(19)20(23-25)24-27-21(26)17-13-8-10-15-9-4-5-11-16(15)17/h4-14H,1-3H3,(H,23,24). The molecule has 0 saturated carbocycles. The number of nitrogens with zero attached hydrogens (tertiary/aromatic N) is 2. The van der Waals surface area contributed by atoms with Gasteiger partial charge in [0.15, 0.2) is 5.82 Å². The third-order valence-electron chi connectivity index (χ3n) is 4.47. The van der Waals surface area contributed by atoms with Crippen molar-refractivity contribution < 1.29 is 9.63 Å². The van der Waals surface area contributed by atoms with E-state index in [1.165, 1.54) is 0 Å². The van der Waals surface area contributed by atoms with Gasteiger partial charge >= 0.3 is 5.97 Å². The number of carbonyl (C=O) groups is 1. The first-order valence-corrected chi connectivity index (χ1v) is 8.88. The molecule has 1 N–H and O–H groups in total. The molecule has 0 aliphatic rings. The lowest BCUT2D eigenvalue weighted by Crippen LogP contribution is -2.23. The first kappa shape index (κ1) is 17.1. The fourth-order valence-electron chi connectivity index (χ4n) is 3.21. The molecule has 0 atom stereocenters. The number of carbonyl (C=O) groups excluding carboxylic acids is 1. The lowest BCUT2D eigenvalue weighted by atomic mass is 10.1. The van der Waals surface area contributed by atoms with Crippen LogP contribution in [0.1, 0.15) is 31.1 Å². The number of aromatic nitrogens is 2. The van der Waals surface area contributed by atoms with Crippen molar-refractivity contribution in [3.63, 3.8) is 0 Å². The largest absolute Gasteiger partial charge is 0.363 e. The second-order valence-corrected chi connectivity index (χ2v) is 7.47. The van der Waals surface area contributed by atoms with Crippen molar-refractivity contribution in [2.45, 2.75) is 26.3 Å². The molecule has 27 heavy (non-hydrogen) atoms. The number of para-hydroxylation sites is 1. The summed E-state index contributed by atoms with van der Waals surface area (Å²) in [7, 11) is 0. The molecule has 5 heteroatoms. The molecule has 136 valence electrons. The number of nitrogens with one attached hydrogen (secondary N) is 1. The molecule has 0 fully saturated rings. The lowest BCUT2D eigenvalue weighted by molar-refractivity contribution is 0.0597. The third kappa shape index (κ3) is 3.12. The summed E-state index contributed by atoms with van der Waals surface area (Å²) < 4.78 is 1.93. The molecule has 0 unspecified atom stereocenters. The van der Waals surface area contributed by atoms with Gasteiger partial charge in [-0.25, -0.2) is 4.79 Å². The molecule has 0 spiro atoms. The van der Waals surface area contributed by atoms with Gasteiger partial charge in [0.05, 0.1) is 16.6 Å². The van der Waals surface area contributed by atoms with Gasteiger partial charge in [0.2, 0.25) is 0 Å². The highest BCUT2D eigenvalue weighted by molar-refractivity contribution is 6.04. The van der Waals surface area contributed by atoms with Gasteiger partial charge in [-0.3, -0.25) is 4.68 Å². The maximum atomic E-state index is 12.7. The molecule has 3 aromatic carbocycles. The second kappa shape index (κ2) is 6.43. The first-order valence-electron chi connectivity index (χ1n) is 8.88. The lowest BCUT2D eigenvalue weighted by Gasteiger charge is -2.20. The van der Waals surface area contributed by atoms with Crippen LogP contribution in [0.2, 0.25) is 0 Å². The Kier molecular flexibility index (Phi) is 4.07. The van der Waals surface area contributed by atoms with Crippen molar-refractivity contribution in [3.8, 4) is 0 Å². The summed E-state index contributed by atoms with van der Waals surface area (Å²) in [5, 5.41) is 7.37. The van der Waals surface area contributed by atoms with Crippen molar-refractivity contribution in [2.24, 2.45) is 0 Å². The van der Waals surface area contributed by atoms with Crippen molar-refractivity contribution in [3.05, 3.63) is 72.3 Å². The number of hydrogen-bond donors (Lipinski definition) is 1. The zero-order valence-electron chi connectivity index (χ0n) is 15.6. The number of anilines is 1. The molecule has 0 radical (unpaired) electrons. The van der Waals surface area contributed by atoms with E-state index in [0.29, 0.717) is 11.4 Å². The Morgan fingerprint density at radius 1 is 0.926 bits per heavy atom. The average Bonchev–Trinajstić information content (AvgIpc) is 3.05. The highest BCUT2D eigenvalue weighted by Crippen LogP contribution is 2.28. The van der Waals surface area contributed by atoms with Crippen molar-refractivity contribution in [1.29, 1.82) is 0 Å². The summed E-state index contributed by atoms with van der Waals surface area (Å²) >= 11 is 0. The van der Waals surface area contributed by atoms with E-state index in [1.54, 1.807) is 6.07 Å². The van der Waals surface area contributed by atoms with Crippen LogP contribution in [-0.4, -0.2) is 15.7 Å². The third-order valence-corrected chi connectivity index (χ3v) is 4.47. The van der Waals surface area contributed by atoms with Crippen LogP contribution in [0.3, 0.4) is 0 Å². The minimum absolute atomic E-state index is 0.195. The van der Waals surface area contributed by atoms with Gasteiger partial charge in [-0.05, 0) is 49.7 Å². The summed E-state index contributed by atoms with van der Waals surface area (Å²) in [6, 6.07) is 21.2. The van der Waals surface area contributed by atoms with E-state index in [1.807, 2.05) is 65.3 Å². The van der Waals surface area contributed by atoms with E-state index in [0.717, 1.165) is 21.7 Å². The monoisotopic (exact) mass is 359 g/mol. The maximum Gasteiger partial charge on any atom is 0.363 e. The van der Waals surface area contributed by atoms with E-state index >= 15 is 0 Å². The zero-order chi connectivity index (χ0) is 19.0. The van der Waals surface area contributed by atoms with Crippen molar-refractivity contribution >= 4 is 33.5 Å². The molecule has 1 aromatic heterocycles. The van der Waals surface area contributed by atoms with Gasteiger partial charge in [0, 0.05) is 5.39 Å². The van der Waals surface area contributed by atoms with Crippen LogP contribution in [0.5, 0.6) is 0 Å². The molecule has 5 nitrogen and oxygen atoms in total. The van der Waals surface area contributed by atoms with Crippen LogP contribution in [0.4, 0.5) is 5.82 Å².